The van der Waals surface area contributed by atoms with E-state index in [-0.39, 0.29) is 35.7 Å². The molecule has 15 heteroatoms. The van der Waals surface area contributed by atoms with Gasteiger partial charge in [-0.1, -0.05) is 45.9 Å². The van der Waals surface area contributed by atoms with Crippen LogP contribution < -0.4 is 10.6 Å². The van der Waals surface area contributed by atoms with Crippen LogP contribution in [0.4, 0.5) is 9.59 Å². The molecule has 0 spiro atoms. The number of imidazole rings is 2. The molecule has 2 bridgehead atoms. The number of hydrogen-bond acceptors (Lipinski definition) is 9. The second-order valence-electron chi connectivity index (χ2n) is 18.0. The summed E-state index contributed by atoms with van der Waals surface area (Å²) in [6.45, 7) is 8.89. The van der Waals surface area contributed by atoms with E-state index in [1.54, 1.807) is 11.3 Å². The highest BCUT2D eigenvalue weighted by molar-refractivity contribution is 7.18. The molecule has 2 aliphatic heterocycles. The van der Waals surface area contributed by atoms with Crippen LogP contribution >= 0.6 is 11.3 Å². The summed E-state index contributed by atoms with van der Waals surface area (Å²) in [5.74, 6) is 2.12. The molecule has 5 aromatic rings. The van der Waals surface area contributed by atoms with Crippen LogP contribution in [0.15, 0.2) is 48.7 Å². The van der Waals surface area contributed by atoms with Crippen LogP contribution in [0.1, 0.15) is 119 Å². The SMILES string of the molecule is COC(=O)N[C@H](C(=O)N1CCC[C@H]1c1ncc(-c2ccc(-c3ccc(-c4ccc5nc([C@@H]6CCCN6C(=O)[C@@H](NC(=O)OC)C(C)C)[nH]c5c4)c4c3C3CCC4C3)s2)[nH]1)C(C)C. The third kappa shape index (κ3) is 7.51. The number of benzene rings is 2. The molecule has 5 heterocycles. The van der Waals surface area contributed by atoms with Crippen molar-refractivity contribution in [3.05, 3.63) is 71.4 Å². The zero-order valence-electron chi connectivity index (χ0n) is 36.2. The number of ether oxygens (including phenoxy) is 2. The molecule has 1 saturated carbocycles. The smallest absolute Gasteiger partial charge is 0.407 e. The molecule has 0 radical (unpaired) electrons. The number of H-pyrrole nitrogens is 2. The predicted octanol–water partition coefficient (Wildman–Crippen LogP) is 8.80. The fraction of sp³-hybridized carbons (Fsp3) is 0.489. The van der Waals surface area contributed by atoms with Crippen molar-refractivity contribution in [2.24, 2.45) is 11.8 Å². The third-order valence-electron chi connectivity index (χ3n) is 13.6. The fourth-order valence-electron chi connectivity index (χ4n) is 10.5. The number of carbonyl (C=O) groups excluding carboxylic acids is 4. The van der Waals surface area contributed by atoms with E-state index in [0.717, 1.165) is 64.5 Å². The van der Waals surface area contributed by atoms with Crippen molar-refractivity contribution in [2.75, 3.05) is 27.3 Å². The largest absolute Gasteiger partial charge is 0.453 e. The minimum absolute atomic E-state index is 0.102. The van der Waals surface area contributed by atoms with Gasteiger partial charge in [0.15, 0.2) is 0 Å². The number of alkyl carbamates (subject to hydrolysis) is 2. The van der Waals surface area contributed by atoms with Crippen LogP contribution in [0.5, 0.6) is 0 Å². The van der Waals surface area contributed by atoms with Gasteiger partial charge >= 0.3 is 12.2 Å². The van der Waals surface area contributed by atoms with Gasteiger partial charge in [-0.3, -0.25) is 9.59 Å². The van der Waals surface area contributed by atoms with E-state index in [1.807, 2.05) is 43.7 Å². The zero-order chi connectivity index (χ0) is 43.4. The summed E-state index contributed by atoms with van der Waals surface area (Å²) in [5.41, 5.74) is 9.40. The Morgan fingerprint density at radius 2 is 1.31 bits per heavy atom. The Hall–Kier alpha value is -5.70. The minimum Gasteiger partial charge on any atom is -0.453 e. The van der Waals surface area contributed by atoms with Crippen LogP contribution in [0.2, 0.25) is 0 Å². The number of aromatic nitrogens is 4. The van der Waals surface area contributed by atoms with E-state index in [4.69, 9.17) is 19.4 Å². The molecule has 3 fully saturated rings. The maximum atomic E-state index is 13.8. The monoisotopic (exact) mass is 860 g/mol. The van der Waals surface area contributed by atoms with Crippen LogP contribution in [0, 0.1) is 11.8 Å². The highest BCUT2D eigenvalue weighted by Gasteiger charge is 2.42. The summed E-state index contributed by atoms with van der Waals surface area (Å²) < 4.78 is 9.62. The van der Waals surface area contributed by atoms with Gasteiger partial charge in [0.25, 0.3) is 0 Å². The second-order valence-corrected chi connectivity index (χ2v) is 19.1. The van der Waals surface area contributed by atoms with Crippen LogP contribution in [0.3, 0.4) is 0 Å². The van der Waals surface area contributed by atoms with E-state index >= 15 is 0 Å². The minimum atomic E-state index is -0.687. The van der Waals surface area contributed by atoms with Crippen LogP contribution in [-0.4, -0.2) is 93.1 Å². The van der Waals surface area contributed by atoms with Gasteiger partial charge in [-0.25, -0.2) is 19.6 Å². The molecular weight excluding hydrogens is 805 g/mol. The lowest BCUT2D eigenvalue weighted by Gasteiger charge is -2.30. The zero-order valence-corrected chi connectivity index (χ0v) is 37.1. The Balaban J connectivity index is 0.962. The summed E-state index contributed by atoms with van der Waals surface area (Å²) in [6, 6.07) is 13.7. The van der Waals surface area contributed by atoms with E-state index in [9.17, 15) is 19.2 Å². The second kappa shape index (κ2) is 16.9. The lowest BCUT2D eigenvalue weighted by Crippen LogP contribution is -2.51. The number of rotatable bonds is 11. The number of nitrogens with zero attached hydrogens (tertiary/aromatic N) is 4. The Kier molecular flexibility index (Phi) is 11.3. The average molecular weight is 861 g/mol. The lowest BCUT2D eigenvalue weighted by molar-refractivity contribution is -0.136. The van der Waals surface area contributed by atoms with Crippen LogP contribution in [0.25, 0.3) is 43.2 Å². The van der Waals surface area contributed by atoms with E-state index in [0.29, 0.717) is 24.9 Å². The molecule has 6 atom stereocenters. The predicted molar refractivity (Wildman–Crippen MR) is 237 cm³/mol. The summed E-state index contributed by atoms with van der Waals surface area (Å²) >= 11 is 1.76. The molecule has 2 aromatic carbocycles. The van der Waals surface area contributed by atoms with Crippen molar-refractivity contribution in [3.63, 3.8) is 0 Å². The maximum absolute atomic E-state index is 13.8. The van der Waals surface area contributed by atoms with Crippen molar-refractivity contribution < 1.29 is 28.7 Å². The summed E-state index contributed by atoms with van der Waals surface area (Å²) in [4.78, 5) is 74.6. The fourth-order valence-corrected chi connectivity index (χ4v) is 11.5. The summed E-state index contributed by atoms with van der Waals surface area (Å²) in [6.07, 6.45) is 7.52. The number of hydrogen-bond donors (Lipinski definition) is 4. The Bertz CT molecular complexity index is 2520. The maximum Gasteiger partial charge on any atom is 0.407 e. The molecule has 9 rings (SSSR count). The molecule has 14 nitrogen and oxygen atoms in total. The topological polar surface area (TPSA) is 175 Å². The Labute approximate surface area is 365 Å². The molecule has 2 saturated heterocycles. The van der Waals surface area contributed by atoms with E-state index in [1.165, 1.54) is 60.6 Å². The van der Waals surface area contributed by atoms with Gasteiger partial charge in [0.2, 0.25) is 11.8 Å². The number of thiophene rings is 1. The number of methoxy groups -OCH3 is 2. The van der Waals surface area contributed by atoms with Gasteiger partial charge in [-0.05, 0) is 121 Å². The van der Waals surface area contributed by atoms with Crippen LogP contribution in [-0.2, 0) is 19.1 Å². The number of amides is 4. The van der Waals surface area contributed by atoms with Gasteiger partial charge in [-0.2, -0.15) is 0 Å². The summed E-state index contributed by atoms with van der Waals surface area (Å²) in [7, 11) is 2.61. The molecule has 2 unspecified atom stereocenters. The Morgan fingerprint density at radius 3 is 1.92 bits per heavy atom. The van der Waals surface area contributed by atoms with Gasteiger partial charge in [0.1, 0.15) is 23.7 Å². The lowest BCUT2D eigenvalue weighted by atomic mass is 9.83. The Morgan fingerprint density at radius 1 is 0.726 bits per heavy atom. The van der Waals surface area contributed by atoms with Gasteiger partial charge in [0.05, 0.1) is 54.1 Å². The molecule has 3 aromatic heterocycles. The number of nitrogens with one attached hydrogen (secondary N) is 4. The standard InChI is InChI=1S/C47H56N8O6S/c1-24(2)40(52-46(58)60-5)44(56)54-19-7-9-34(54)42-48-23-33(51-42)37-18-17-36(62-37)30-15-14-29(38-27-11-12-28(21-27)39(30)38)26-13-16-31-32(22-26)50-43(49-31)35-10-8-20-55(35)45(57)41(25(3)4)53-47(59)61-6/h13-18,22-25,27-28,34-35,40-41H,7-12,19-21H2,1-6H3,(H,48,51)(H,49,50)(H,52,58)(H,53,59)/t27?,28?,34-,35-,40-,41-/m0/s1. The first-order valence-electron chi connectivity index (χ1n) is 22.1. The highest BCUT2D eigenvalue weighted by Crippen LogP contribution is 2.59. The van der Waals surface area contributed by atoms with Crippen molar-refractivity contribution >= 4 is 46.4 Å². The number of likely N-dealkylation sites (tertiary alicyclic amines) is 2. The van der Waals surface area contributed by atoms with Gasteiger partial charge < -0.3 is 39.9 Å². The quantitative estimate of drug-likeness (QED) is 0.102. The molecule has 4 N–H and O–H groups in total. The highest BCUT2D eigenvalue weighted by atomic mass is 32.1. The molecule has 4 aliphatic rings. The van der Waals surface area contributed by atoms with Crippen molar-refractivity contribution in [1.82, 2.24) is 40.4 Å². The molecular formula is C47H56N8O6S. The number of aromatic amines is 2. The molecule has 62 heavy (non-hydrogen) atoms. The average Bonchev–Trinajstić information content (AvgIpc) is 4.12. The van der Waals surface area contributed by atoms with Gasteiger partial charge in [-0.15, -0.1) is 11.3 Å². The third-order valence-corrected chi connectivity index (χ3v) is 14.7. The van der Waals surface area contributed by atoms with Crippen molar-refractivity contribution in [3.8, 4) is 32.1 Å². The summed E-state index contributed by atoms with van der Waals surface area (Å²) in [5, 5.41) is 5.47. The number of carbonyl (C=O) groups is 4. The van der Waals surface area contributed by atoms with Crippen molar-refractivity contribution in [2.45, 2.75) is 109 Å². The van der Waals surface area contributed by atoms with E-state index < -0.39 is 24.3 Å². The molecule has 2 aliphatic carbocycles. The van der Waals surface area contributed by atoms with E-state index in [2.05, 4.69) is 63.1 Å². The van der Waals surface area contributed by atoms with Gasteiger partial charge in [0, 0.05) is 18.0 Å². The first kappa shape index (κ1) is 41.6. The molecule has 326 valence electrons. The molecule has 4 amide bonds. The van der Waals surface area contributed by atoms with Crippen molar-refractivity contribution in [1.29, 1.82) is 0 Å². The number of fused-ring (bicyclic) bond motifs is 6. The first-order chi connectivity index (χ1) is 29.9. The normalized spacial score (nSPS) is 21.5. The first-order valence-corrected chi connectivity index (χ1v) is 22.9.